The number of carbonyl (C=O) groups is 1. The molecule has 0 saturated heterocycles. The van der Waals surface area contributed by atoms with E-state index in [1.165, 1.54) is 24.7 Å². The fraction of sp³-hybridized carbons (Fsp3) is 0.250. The van der Waals surface area contributed by atoms with E-state index >= 15 is 4.39 Å². The maximum absolute atomic E-state index is 15.1. The molecule has 3 aromatic rings. The van der Waals surface area contributed by atoms with Crippen molar-refractivity contribution >= 4 is 39.3 Å². The molecule has 0 fully saturated rings. The Morgan fingerprint density at radius 1 is 0.944 bits per heavy atom. The molecule has 190 valence electrons. The summed E-state index contributed by atoms with van der Waals surface area (Å²) in [6.07, 6.45) is 2.59. The second-order valence-corrected chi connectivity index (χ2v) is 9.23. The van der Waals surface area contributed by atoms with Crippen molar-refractivity contribution in [1.29, 1.82) is 0 Å². The summed E-state index contributed by atoms with van der Waals surface area (Å²) in [5.41, 5.74) is -0.0160. The lowest BCUT2D eigenvalue weighted by atomic mass is 9.97. The van der Waals surface area contributed by atoms with Crippen molar-refractivity contribution in [2.75, 3.05) is 26.4 Å². The molecular weight excluding hydrogens is 578 g/mol. The number of fused-ring (bicyclic) bond motifs is 1. The van der Waals surface area contributed by atoms with Crippen LogP contribution in [-0.2, 0) is 19.8 Å². The number of esters is 1. The number of benzene rings is 3. The van der Waals surface area contributed by atoms with E-state index in [1.54, 1.807) is 19.9 Å². The van der Waals surface area contributed by atoms with Gasteiger partial charge in [0.2, 0.25) is 0 Å². The lowest BCUT2D eigenvalue weighted by Crippen LogP contribution is -2.26. The molecule has 0 spiro atoms. The van der Waals surface area contributed by atoms with Gasteiger partial charge in [-0.05, 0) is 60.2 Å². The van der Waals surface area contributed by atoms with Crippen LogP contribution in [0.5, 0.6) is 11.5 Å². The van der Waals surface area contributed by atoms with Gasteiger partial charge in [-0.15, -0.1) is 0 Å². The quantitative estimate of drug-likeness (QED) is 0.0929. The molecule has 0 N–H and O–H groups in total. The van der Waals surface area contributed by atoms with Crippen molar-refractivity contribution in [3.63, 3.8) is 0 Å². The maximum atomic E-state index is 15.1. The van der Waals surface area contributed by atoms with Crippen molar-refractivity contribution in [3.05, 3.63) is 94.7 Å². The number of rotatable bonds is 13. The smallest absolute Gasteiger partial charge is 0.342 e. The van der Waals surface area contributed by atoms with Crippen LogP contribution in [0.3, 0.4) is 0 Å². The first kappa shape index (κ1) is 27.3. The lowest BCUT2D eigenvalue weighted by molar-refractivity contribution is -0.00355. The molecule has 0 atom stereocenters. The Labute approximate surface area is 223 Å². The SMILES string of the molecule is C=COCCOc1cc(C(=O)OC(C)(C)c2ccccc2)c(OCCOC=C)c2c(I)ccc(F)c12. The molecule has 3 aromatic carbocycles. The monoisotopic (exact) mass is 606 g/mol. The maximum Gasteiger partial charge on any atom is 0.342 e. The zero-order chi connectivity index (χ0) is 26.1. The third-order valence-corrected chi connectivity index (χ3v) is 6.17. The minimum atomic E-state index is -0.940. The Bertz CT molecular complexity index is 1230. The summed E-state index contributed by atoms with van der Waals surface area (Å²) in [4.78, 5) is 13.6. The molecule has 0 aliphatic heterocycles. The largest absolute Gasteiger partial charge is 0.498 e. The summed E-state index contributed by atoms with van der Waals surface area (Å²) in [5.74, 6) is -0.794. The van der Waals surface area contributed by atoms with Crippen LogP contribution in [0, 0.1) is 9.39 Å². The van der Waals surface area contributed by atoms with E-state index in [-0.39, 0.29) is 48.9 Å². The van der Waals surface area contributed by atoms with Gasteiger partial charge in [-0.1, -0.05) is 43.5 Å². The zero-order valence-corrected chi connectivity index (χ0v) is 22.4. The molecule has 0 unspecified atom stereocenters. The van der Waals surface area contributed by atoms with E-state index in [0.717, 1.165) is 5.56 Å². The molecule has 6 nitrogen and oxygen atoms in total. The number of hydrogen-bond acceptors (Lipinski definition) is 6. The van der Waals surface area contributed by atoms with Crippen molar-refractivity contribution < 1.29 is 32.9 Å². The van der Waals surface area contributed by atoms with Gasteiger partial charge in [-0.3, -0.25) is 0 Å². The van der Waals surface area contributed by atoms with Crippen LogP contribution in [0.4, 0.5) is 4.39 Å². The molecule has 8 heteroatoms. The number of carbonyl (C=O) groups excluding carboxylic acids is 1. The minimum Gasteiger partial charge on any atom is -0.498 e. The van der Waals surface area contributed by atoms with E-state index in [0.29, 0.717) is 8.96 Å². The van der Waals surface area contributed by atoms with E-state index in [9.17, 15) is 4.79 Å². The van der Waals surface area contributed by atoms with E-state index < -0.39 is 17.4 Å². The summed E-state index contributed by atoms with van der Waals surface area (Å²) < 4.78 is 43.8. The highest BCUT2D eigenvalue weighted by atomic mass is 127. The fourth-order valence-electron chi connectivity index (χ4n) is 3.58. The van der Waals surface area contributed by atoms with Crippen LogP contribution < -0.4 is 9.47 Å². The van der Waals surface area contributed by atoms with Gasteiger partial charge in [0, 0.05) is 8.96 Å². The molecule has 0 bridgehead atoms. The van der Waals surface area contributed by atoms with Crippen LogP contribution in [0.25, 0.3) is 10.8 Å². The molecule has 36 heavy (non-hydrogen) atoms. The molecule has 0 saturated carbocycles. The Morgan fingerprint density at radius 3 is 2.22 bits per heavy atom. The van der Waals surface area contributed by atoms with Gasteiger partial charge in [-0.2, -0.15) is 0 Å². The topological polar surface area (TPSA) is 63.2 Å². The van der Waals surface area contributed by atoms with Crippen LogP contribution in [0.15, 0.2) is 74.2 Å². The summed E-state index contributed by atoms with van der Waals surface area (Å²) in [5, 5.41) is 0.597. The van der Waals surface area contributed by atoms with Gasteiger partial charge >= 0.3 is 5.97 Å². The Hall–Kier alpha value is -3.27. The van der Waals surface area contributed by atoms with E-state index in [1.807, 2.05) is 30.3 Å². The first-order valence-corrected chi connectivity index (χ1v) is 12.3. The van der Waals surface area contributed by atoms with Gasteiger partial charge in [0.25, 0.3) is 0 Å². The van der Waals surface area contributed by atoms with Gasteiger partial charge in [-0.25, -0.2) is 9.18 Å². The predicted molar refractivity (Wildman–Crippen MR) is 145 cm³/mol. The van der Waals surface area contributed by atoms with Crippen LogP contribution in [-0.4, -0.2) is 32.4 Å². The van der Waals surface area contributed by atoms with Crippen molar-refractivity contribution in [1.82, 2.24) is 0 Å². The second-order valence-electron chi connectivity index (χ2n) is 8.07. The summed E-state index contributed by atoms with van der Waals surface area (Å²) >= 11 is 2.07. The van der Waals surface area contributed by atoms with E-state index in [2.05, 4.69) is 35.7 Å². The van der Waals surface area contributed by atoms with Crippen molar-refractivity contribution in [3.8, 4) is 11.5 Å². The highest BCUT2D eigenvalue weighted by molar-refractivity contribution is 14.1. The van der Waals surface area contributed by atoms with Crippen molar-refractivity contribution in [2.24, 2.45) is 0 Å². The zero-order valence-electron chi connectivity index (χ0n) is 20.2. The molecule has 0 aliphatic rings. The summed E-state index contributed by atoms with van der Waals surface area (Å²) in [6, 6.07) is 13.8. The Morgan fingerprint density at radius 2 is 1.58 bits per heavy atom. The van der Waals surface area contributed by atoms with Crippen LogP contribution in [0.1, 0.15) is 29.8 Å². The molecular formula is C28H28FIO6. The normalized spacial score (nSPS) is 11.0. The van der Waals surface area contributed by atoms with Crippen LogP contribution >= 0.6 is 22.6 Å². The highest BCUT2D eigenvalue weighted by Crippen LogP contribution is 2.42. The third kappa shape index (κ3) is 6.48. The Kier molecular flexibility index (Phi) is 9.58. The molecule has 0 aromatic heterocycles. The van der Waals surface area contributed by atoms with Crippen LogP contribution in [0.2, 0.25) is 0 Å². The third-order valence-electron chi connectivity index (χ3n) is 5.28. The number of halogens is 2. The highest BCUT2D eigenvalue weighted by Gasteiger charge is 2.30. The number of ether oxygens (including phenoxy) is 5. The minimum absolute atomic E-state index is 0.101. The van der Waals surface area contributed by atoms with Gasteiger partial charge in [0.05, 0.1) is 17.9 Å². The van der Waals surface area contributed by atoms with Gasteiger partial charge < -0.3 is 23.7 Å². The standard InChI is InChI=1S/C28H28FIO6/c1-5-32-14-16-34-23-18-20(27(31)36-28(3,4)19-10-8-7-9-11-19)26(35-17-15-33-6-2)25-22(30)13-12-21(29)24(23)25/h5-13,18H,1-2,14-17H2,3-4H3. The molecule has 0 aliphatic carbocycles. The molecule has 3 rings (SSSR count). The average Bonchev–Trinajstić information content (AvgIpc) is 2.87. The molecule has 0 amide bonds. The summed E-state index contributed by atoms with van der Waals surface area (Å²) in [7, 11) is 0. The van der Waals surface area contributed by atoms with Gasteiger partial charge in [0.1, 0.15) is 54.9 Å². The Balaban J connectivity index is 2.12. The second kappa shape index (κ2) is 12.6. The average molecular weight is 606 g/mol. The van der Waals surface area contributed by atoms with Crippen molar-refractivity contribution in [2.45, 2.75) is 19.4 Å². The lowest BCUT2D eigenvalue weighted by Gasteiger charge is -2.27. The molecule has 0 heterocycles. The fourth-order valence-corrected chi connectivity index (χ4v) is 4.27. The molecule has 0 radical (unpaired) electrons. The van der Waals surface area contributed by atoms with Gasteiger partial charge in [0.15, 0.2) is 0 Å². The first-order chi connectivity index (χ1) is 17.3. The number of hydrogen-bond donors (Lipinski definition) is 0. The first-order valence-electron chi connectivity index (χ1n) is 11.2. The predicted octanol–water partition coefficient (Wildman–Crippen LogP) is 6.75. The summed E-state index contributed by atoms with van der Waals surface area (Å²) in [6.45, 7) is 11.2. The van der Waals surface area contributed by atoms with E-state index in [4.69, 9.17) is 23.7 Å².